The first-order valence-corrected chi connectivity index (χ1v) is 5.80. The van der Waals surface area contributed by atoms with Crippen molar-refractivity contribution in [2.24, 2.45) is 12.8 Å². The first-order valence-electron chi connectivity index (χ1n) is 5.80. The summed E-state index contributed by atoms with van der Waals surface area (Å²) in [6.45, 7) is 2.91. The number of amides is 1. The predicted molar refractivity (Wildman–Crippen MR) is 64.6 cm³/mol. The molecule has 0 aromatic carbocycles. The molecule has 2 heterocycles. The Morgan fingerprint density at radius 3 is 2.88 bits per heavy atom. The summed E-state index contributed by atoms with van der Waals surface area (Å²) in [6.07, 6.45) is 3.42. The lowest BCUT2D eigenvalue weighted by Gasteiger charge is -2.39. The summed E-state index contributed by atoms with van der Waals surface area (Å²) < 4.78 is 1.74. The van der Waals surface area contributed by atoms with E-state index in [4.69, 9.17) is 5.73 Å². The van der Waals surface area contributed by atoms with Crippen LogP contribution < -0.4 is 5.73 Å². The Morgan fingerprint density at radius 1 is 1.53 bits per heavy atom. The predicted octanol–water partition coefficient (Wildman–Crippen LogP) is -0.865. The molecule has 0 aliphatic carbocycles. The summed E-state index contributed by atoms with van der Waals surface area (Å²) in [4.78, 5) is 20.5. The Balaban J connectivity index is 2.16. The highest BCUT2D eigenvalue weighted by Crippen LogP contribution is 2.11. The zero-order valence-corrected chi connectivity index (χ0v) is 10.3. The average molecular weight is 237 g/mol. The molecule has 0 radical (unpaired) electrons. The van der Waals surface area contributed by atoms with E-state index in [2.05, 4.69) is 9.88 Å². The monoisotopic (exact) mass is 237 g/mol. The van der Waals surface area contributed by atoms with Crippen molar-refractivity contribution in [2.75, 3.05) is 33.2 Å². The zero-order valence-electron chi connectivity index (χ0n) is 10.3. The molecule has 94 valence electrons. The van der Waals surface area contributed by atoms with Crippen molar-refractivity contribution in [1.29, 1.82) is 0 Å². The minimum Gasteiger partial charge on any atom is -0.330 e. The molecule has 17 heavy (non-hydrogen) atoms. The van der Waals surface area contributed by atoms with Crippen LogP contribution in [-0.4, -0.2) is 64.5 Å². The number of aryl methyl sites for hydroxylation is 1. The van der Waals surface area contributed by atoms with Gasteiger partial charge in [0.2, 0.25) is 0 Å². The number of likely N-dealkylation sites (N-methyl/N-ethyl adjacent to an activating group) is 1. The van der Waals surface area contributed by atoms with Gasteiger partial charge in [-0.2, -0.15) is 0 Å². The molecule has 1 aliphatic heterocycles. The number of rotatable bonds is 2. The van der Waals surface area contributed by atoms with E-state index in [1.165, 1.54) is 0 Å². The van der Waals surface area contributed by atoms with Crippen LogP contribution in [-0.2, 0) is 7.05 Å². The lowest BCUT2D eigenvalue weighted by atomic mass is 10.1. The van der Waals surface area contributed by atoms with Gasteiger partial charge in [0, 0.05) is 45.6 Å². The van der Waals surface area contributed by atoms with E-state index in [0.29, 0.717) is 18.9 Å². The van der Waals surface area contributed by atoms with Crippen LogP contribution in [0.2, 0.25) is 0 Å². The Morgan fingerprint density at radius 2 is 2.29 bits per heavy atom. The molecule has 1 unspecified atom stereocenters. The van der Waals surface area contributed by atoms with Gasteiger partial charge in [0.15, 0.2) is 5.82 Å². The Labute approximate surface area is 101 Å². The zero-order chi connectivity index (χ0) is 12.4. The Kier molecular flexibility index (Phi) is 3.44. The van der Waals surface area contributed by atoms with Crippen LogP contribution in [0.5, 0.6) is 0 Å². The highest BCUT2D eigenvalue weighted by molar-refractivity contribution is 5.91. The second-order valence-corrected chi connectivity index (χ2v) is 4.51. The number of aromatic nitrogens is 2. The first kappa shape index (κ1) is 12.1. The average Bonchev–Trinajstić information content (AvgIpc) is 2.74. The van der Waals surface area contributed by atoms with E-state index < -0.39 is 0 Å². The minimum absolute atomic E-state index is 0.0268. The van der Waals surface area contributed by atoms with Gasteiger partial charge in [0.25, 0.3) is 5.91 Å². The highest BCUT2D eigenvalue weighted by Gasteiger charge is 2.30. The van der Waals surface area contributed by atoms with Crippen molar-refractivity contribution in [2.45, 2.75) is 6.04 Å². The Bertz CT molecular complexity index is 402. The van der Waals surface area contributed by atoms with Crippen LogP contribution in [0.15, 0.2) is 12.4 Å². The van der Waals surface area contributed by atoms with E-state index in [1.54, 1.807) is 17.0 Å². The van der Waals surface area contributed by atoms with Gasteiger partial charge in [0.05, 0.1) is 6.04 Å². The van der Waals surface area contributed by atoms with Gasteiger partial charge in [-0.1, -0.05) is 0 Å². The number of imidazole rings is 1. The van der Waals surface area contributed by atoms with Gasteiger partial charge >= 0.3 is 0 Å². The number of carbonyl (C=O) groups is 1. The van der Waals surface area contributed by atoms with Crippen LogP contribution in [0.3, 0.4) is 0 Å². The molecule has 0 bridgehead atoms. The van der Waals surface area contributed by atoms with Crippen molar-refractivity contribution in [3.63, 3.8) is 0 Å². The fourth-order valence-corrected chi connectivity index (χ4v) is 2.18. The molecule has 1 aliphatic rings. The maximum Gasteiger partial charge on any atom is 0.290 e. The summed E-state index contributed by atoms with van der Waals surface area (Å²) in [5.74, 6) is 0.453. The SMILES string of the molecule is CN1CCN(C(=O)c2nccn2C)C(CN)C1. The van der Waals surface area contributed by atoms with Crippen LogP contribution in [0.25, 0.3) is 0 Å². The van der Waals surface area contributed by atoms with Gasteiger partial charge in [-0.05, 0) is 7.05 Å². The van der Waals surface area contributed by atoms with Crippen molar-refractivity contribution < 1.29 is 4.79 Å². The molecule has 1 aromatic heterocycles. The Hall–Kier alpha value is -1.40. The van der Waals surface area contributed by atoms with E-state index >= 15 is 0 Å². The molecule has 0 spiro atoms. The summed E-state index contributed by atoms with van der Waals surface area (Å²) in [7, 11) is 3.87. The number of nitrogens with two attached hydrogens (primary N) is 1. The molecule has 1 aromatic rings. The maximum absolute atomic E-state index is 12.3. The van der Waals surface area contributed by atoms with Gasteiger partial charge in [-0.25, -0.2) is 4.98 Å². The third-order valence-electron chi connectivity index (χ3n) is 3.23. The van der Waals surface area contributed by atoms with E-state index in [0.717, 1.165) is 13.1 Å². The molecule has 0 saturated carbocycles. The molecule has 6 heteroatoms. The number of carbonyl (C=O) groups excluding carboxylic acids is 1. The van der Waals surface area contributed by atoms with Crippen LogP contribution in [0.4, 0.5) is 0 Å². The number of nitrogens with zero attached hydrogens (tertiary/aromatic N) is 4. The quantitative estimate of drug-likeness (QED) is 0.726. The third-order valence-corrected chi connectivity index (χ3v) is 3.23. The first-order chi connectivity index (χ1) is 8.13. The minimum atomic E-state index is -0.0268. The summed E-state index contributed by atoms with van der Waals surface area (Å²) >= 11 is 0. The summed E-state index contributed by atoms with van der Waals surface area (Å²) in [5, 5.41) is 0. The topological polar surface area (TPSA) is 67.4 Å². The van der Waals surface area contributed by atoms with Gasteiger partial charge in [-0.15, -0.1) is 0 Å². The normalized spacial score (nSPS) is 21.8. The second-order valence-electron chi connectivity index (χ2n) is 4.51. The number of piperazine rings is 1. The summed E-state index contributed by atoms with van der Waals surface area (Å²) in [5.41, 5.74) is 5.74. The van der Waals surface area contributed by atoms with Crippen molar-refractivity contribution in [1.82, 2.24) is 19.4 Å². The van der Waals surface area contributed by atoms with E-state index in [9.17, 15) is 4.79 Å². The highest BCUT2D eigenvalue weighted by atomic mass is 16.2. The van der Waals surface area contributed by atoms with Crippen LogP contribution >= 0.6 is 0 Å². The van der Waals surface area contributed by atoms with E-state index in [1.807, 2.05) is 19.0 Å². The standard InChI is InChI=1S/C11H19N5O/c1-14-5-6-16(9(7-12)8-14)11(17)10-13-3-4-15(10)2/h3-4,9H,5-8,12H2,1-2H3. The van der Waals surface area contributed by atoms with Crippen LogP contribution in [0, 0.1) is 0 Å². The van der Waals surface area contributed by atoms with E-state index in [-0.39, 0.29) is 11.9 Å². The smallest absolute Gasteiger partial charge is 0.290 e. The van der Waals surface area contributed by atoms with Crippen molar-refractivity contribution in [3.8, 4) is 0 Å². The molecule has 1 atom stereocenters. The lowest BCUT2D eigenvalue weighted by molar-refractivity contribution is 0.0500. The van der Waals surface area contributed by atoms with Crippen molar-refractivity contribution >= 4 is 5.91 Å². The van der Waals surface area contributed by atoms with Crippen LogP contribution in [0.1, 0.15) is 10.6 Å². The van der Waals surface area contributed by atoms with Gasteiger partial charge in [0.1, 0.15) is 0 Å². The molecule has 2 rings (SSSR count). The third kappa shape index (κ3) is 2.32. The summed E-state index contributed by atoms with van der Waals surface area (Å²) in [6, 6.07) is 0.0814. The molecule has 1 amide bonds. The molecular weight excluding hydrogens is 218 g/mol. The fourth-order valence-electron chi connectivity index (χ4n) is 2.18. The second kappa shape index (κ2) is 4.85. The largest absolute Gasteiger partial charge is 0.330 e. The number of hydrogen-bond donors (Lipinski definition) is 1. The maximum atomic E-state index is 12.3. The molecule has 2 N–H and O–H groups in total. The molecular formula is C11H19N5O. The number of hydrogen-bond acceptors (Lipinski definition) is 4. The fraction of sp³-hybridized carbons (Fsp3) is 0.636. The molecule has 1 saturated heterocycles. The van der Waals surface area contributed by atoms with Gasteiger partial charge in [-0.3, -0.25) is 4.79 Å². The molecule has 1 fully saturated rings. The van der Waals surface area contributed by atoms with Gasteiger partial charge < -0.3 is 20.1 Å². The lowest BCUT2D eigenvalue weighted by Crippen LogP contribution is -2.57. The van der Waals surface area contributed by atoms with Crippen molar-refractivity contribution in [3.05, 3.63) is 18.2 Å². The molecule has 6 nitrogen and oxygen atoms in total.